The van der Waals surface area contributed by atoms with Crippen LogP contribution in [0.4, 0.5) is 5.69 Å². The van der Waals surface area contributed by atoms with Crippen molar-refractivity contribution >= 4 is 34.7 Å². The number of unbranched alkanes of at least 4 members (excludes halogenated alkanes) is 1. The summed E-state index contributed by atoms with van der Waals surface area (Å²) in [4.78, 5) is 3.86. The lowest BCUT2D eigenvalue weighted by atomic mass is 10.1. The SMILES string of the molecule is CCCCN(C)c1cccc(SC)c1C(N)=S. The van der Waals surface area contributed by atoms with Gasteiger partial charge in [-0.3, -0.25) is 0 Å². The Kier molecular flexibility index (Phi) is 5.78. The van der Waals surface area contributed by atoms with Gasteiger partial charge in [0.05, 0.1) is 0 Å². The average Bonchev–Trinajstić information content (AvgIpc) is 2.34. The van der Waals surface area contributed by atoms with Crippen molar-refractivity contribution in [1.82, 2.24) is 0 Å². The van der Waals surface area contributed by atoms with Gasteiger partial charge in [-0.05, 0) is 24.8 Å². The van der Waals surface area contributed by atoms with Gasteiger partial charge in [0.15, 0.2) is 0 Å². The maximum atomic E-state index is 5.85. The lowest BCUT2D eigenvalue weighted by Crippen LogP contribution is -2.23. The summed E-state index contributed by atoms with van der Waals surface area (Å²) < 4.78 is 0. The van der Waals surface area contributed by atoms with Crippen LogP contribution in [-0.4, -0.2) is 24.8 Å². The second-order valence-electron chi connectivity index (χ2n) is 3.99. The first-order chi connectivity index (χ1) is 8.11. The number of hydrogen-bond donors (Lipinski definition) is 1. The van der Waals surface area contributed by atoms with E-state index in [1.54, 1.807) is 11.8 Å². The van der Waals surface area contributed by atoms with Gasteiger partial charge < -0.3 is 10.6 Å². The Hall–Kier alpha value is -0.740. The fourth-order valence-corrected chi connectivity index (χ4v) is 2.68. The van der Waals surface area contributed by atoms with E-state index in [9.17, 15) is 0 Å². The molecule has 1 aromatic rings. The van der Waals surface area contributed by atoms with Crippen LogP contribution in [0, 0.1) is 0 Å². The molecule has 0 atom stereocenters. The molecule has 2 N–H and O–H groups in total. The number of benzene rings is 1. The van der Waals surface area contributed by atoms with Crippen LogP contribution < -0.4 is 10.6 Å². The van der Waals surface area contributed by atoms with Crippen molar-refractivity contribution in [3.63, 3.8) is 0 Å². The van der Waals surface area contributed by atoms with Crippen LogP contribution in [-0.2, 0) is 0 Å². The van der Waals surface area contributed by atoms with Crippen molar-refractivity contribution in [3.8, 4) is 0 Å². The average molecular weight is 268 g/mol. The molecule has 17 heavy (non-hydrogen) atoms. The number of hydrogen-bond acceptors (Lipinski definition) is 3. The predicted octanol–water partition coefficient (Wildman–Crippen LogP) is 3.28. The number of thiocarbonyl (C=S) groups is 1. The van der Waals surface area contributed by atoms with Crippen molar-refractivity contribution in [1.29, 1.82) is 0 Å². The van der Waals surface area contributed by atoms with Crippen molar-refractivity contribution in [2.75, 3.05) is 24.7 Å². The van der Waals surface area contributed by atoms with Gasteiger partial charge in [0.2, 0.25) is 0 Å². The number of nitrogens with two attached hydrogens (primary N) is 1. The summed E-state index contributed by atoms with van der Waals surface area (Å²) >= 11 is 6.86. The Morgan fingerprint density at radius 1 is 1.47 bits per heavy atom. The molecule has 0 saturated carbocycles. The molecule has 0 aromatic heterocycles. The van der Waals surface area contributed by atoms with Gasteiger partial charge in [-0.15, -0.1) is 11.8 Å². The zero-order valence-corrected chi connectivity index (χ0v) is 12.3. The first-order valence-corrected chi connectivity index (χ1v) is 7.43. The molecular formula is C13H20N2S2. The second kappa shape index (κ2) is 6.87. The molecule has 0 radical (unpaired) electrons. The Balaban J connectivity index is 3.09. The first-order valence-electron chi connectivity index (χ1n) is 5.79. The summed E-state index contributed by atoms with van der Waals surface area (Å²) in [6.45, 7) is 3.23. The van der Waals surface area contributed by atoms with Crippen molar-refractivity contribution in [2.24, 2.45) is 5.73 Å². The molecule has 0 spiro atoms. The van der Waals surface area contributed by atoms with Crippen molar-refractivity contribution in [3.05, 3.63) is 23.8 Å². The van der Waals surface area contributed by atoms with E-state index in [2.05, 4.69) is 37.1 Å². The van der Waals surface area contributed by atoms with Crippen LogP contribution >= 0.6 is 24.0 Å². The minimum Gasteiger partial charge on any atom is -0.389 e. The Labute approximate surface area is 114 Å². The van der Waals surface area contributed by atoms with E-state index in [0.717, 1.165) is 22.7 Å². The molecule has 0 aliphatic heterocycles. The highest BCUT2D eigenvalue weighted by atomic mass is 32.2. The van der Waals surface area contributed by atoms with Crippen LogP contribution in [0.5, 0.6) is 0 Å². The zero-order valence-electron chi connectivity index (χ0n) is 10.7. The summed E-state index contributed by atoms with van der Waals surface area (Å²) in [5.74, 6) is 0. The highest BCUT2D eigenvalue weighted by molar-refractivity contribution is 7.98. The first kappa shape index (κ1) is 14.3. The molecule has 0 heterocycles. The standard InChI is InChI=1S/C13H20N2S2/c1-4-5-9-15(2)10-7-6-8-11(17-3)12(10)13(14)16/h6-8H,4-5,9H2,1-3H3,(H2,14,16). The normalized spacial score (nSPS) is 10.3. The second-order valence-corrected chi connectivity index (χ2v) is 5.28. The lowest BCUT2D eigenvalue weighted by molar-refractivity contribution is 0.766. The molecule has 0 aliphatic carbocycles. The molecule has 0 saturated heterocycles. The van der Waals surface area contributed by atoms with Crippen LogP contribution in [0.1, 0.15) is 25.3 Å². The Morgan fingerprint density at radius 2 is 2.18 bits per heavy atom. The predicted molar refractivity (Wildman–Crippen MR) is 82.3 cm³/mol. The molecule has 2 nitrogen and oxygen atoms in total. The zero-order chi connectivity index (χ0) is 12.8. The topological polar surface area (TPSA) is 29.3 Å². The molecule has 4 heteroatoms. The quantitative estimate of drug-likeness (QED) is 0.633. The van der Waals surface area contributed by atoms with Crippen molar-refractivity contribution in [2.45, 2.75) is 24.7 Å². The molecule has 94 valence electrons. The molecule has 0 unspecified atom stereocenters. The fraction of sp³-hybridized carbons (Fsp3) is 0.462. The molecular weight excluding hydrogens is 248 g/mol. The largest absolute Gasteiger partial charge is 0.389 e. The third kappa shape index (κ3) is 3.61. The van der Waals surface area contributed by atoms with Crippen LogP contribution in [0.3, 0.4) is 0 Å². The fourth-order valence-electron chi connectivity index (χ4n) is 1.77. The number of nitrogens with zero attached hydrogens (tertiary/aromatic N) is 1. The van der Waals surface area contributed by atoms with Crippen molar-refractivity contribution < 1.29 is 0 Å². The Morgan fingerprint density at radius 3 is 2.71 bits per heavy atom. The van der Waals surface area contributed by atoms with Crippen LogP contribution in [0.15, 0.2) is 23.1 Å². The third-order valence-corrected chi connectivity index (χ3v) is 3.71. The van der Waals surface area contributed by atoms with E-state index < -0.39 is 0 Å². The summed E-state index contributed by atoms with van der Waals surface area (Å²) in [5.41, 5.74) is 7.99. The van der Waals surface area contributed by atoms with Gasteiger partial charge in [-0.25, -0.2) is 0 Å². The molecule has 1 rings (SSSR count). The molecule has 0 fully saturated rings. The number of rotatable bonds is 6. The molecule has 1 aromatic carbocycles. The molecule has 0 amide bonds. The van der Waals surface area contributed by atoms with E-state index in [0.29, 0.717) is 4.99 Å². The summed E-state index contributed by atoms with van der Waals surface area (Å²) in [6, 6.07) is 6.21. The van der Waals surface area contributed by atoms with Crippen LogP contribution in [0.25, 0.3) is 0 Å². The molecule has 0 bridgehead atoms. The van der Waals surface area contributed by atoms with Gasteiger partial charge in [-0.1, -0.05) is 31.6 Å². The van der Waals surface area contributed by atoms with Gasteiger partial charge in [0, 0.05) is 29.7 Å². The highest BCUT2D eigenvalue weighted by Crippen LogP contribution is 2.29. The highest BCUT2D eigenvalue weighted by Gasteiger charge is 2.13. The monoisotopic (exact) mass is 268 g/mol. The minimum atomic E-state index is 0.480. The van der Waals surface area contributed by atoms with Gasteiger partial charge in [-0.2, -0.15) is 0 Å². The maximum Gasteiger partial charge on any atom is 0.107 e. The number of anilines is 1. The van der Waals surface area contributed by atoms with E-state index in [-0.39, 0.29) is 0 Å². The summed E-state index contributed by atoms with van der Waals surface area (Å²) in [6.07, 6.45) is 4.42. The lowest BCUT2D eigenvalue weighted by Gasteiger charge is -2.23. The van der Waals surface area contributed by atoms with Gasteiger partial charge in [0.1, 0.15) is 4.99 Å². The van der Waals surface area contributed by atoms with E-state index in [4.69, 9.17) is 18.0 Å². The van der Waals surface area contributed by atoms with Crippen LogP contribution in [0.2, 0.25) is 0 Å². The van der Waals surface area contributed by atoms with E-state index >= 15 is 0 Å². The summed E-state index contributed by atoms with van der Waals surface area (Å²) in [5, 5.41) is 0. The molecule has 0 aliphatic rings. The number of thioether (sulfide) groups is 1. The van der Waals surface area contributed by atoms with E-state index in [1.807, 2.05) is 6.26 Å². The maximum absolute atomic E-state index is 5.85. The Bertz CT molecular complexity index is 391. The third-order valence-electron chi connectivity index (χ3n) is 2.73. The van der Waals surface area contributed by atoms with E-state index in [1.165, 1.54) is 12.8 Å². The minimum absolute atomic E-state index is 0.480. The van der Waals surface area contributed by atoms with Gasteiger partial charge >= 0.3 is 0 Å². The summed E-state index contributed by atoms with van der Waals surface area (Å²) in [7, 11) is 2.09. The smallest absolute Gasteiger partial charge is 0.107 e. The van der Waals surface area contributed by atoms with Gasteiger partial charge in [0.25, 0.3) is 0 Å².